The van der Waals surface area contributed by atoms with Crippen LogP contribution in [0.3, 0.4) is 0 Å². The summed E-state index contributed by atoms with van der Waals surface area (Å²) < 4.78 is 2.06. The Kier molecular flexibility index (Phi) is 6.51. The fourth-order valence-electron chi connectivity index (χ4n) is 3.09. The molecule has 0 saturated carbocycles. The lowest BCUT2D eigenvalue weighted by Gasteiger charge is -2.13. The van der Waals surface area contributed by atoms with Crippen LogP contribution in [0, 0.1) is 6.92 Å². The molecule has 8 heteroatoms. The highest BCUT2D eigenvalue weighted by molar-refractivity contribution is 8.26. The molecule has 0 bridgehead atoms. The minimum absolute atomic E-state index is 0.137. The summed E-state index contributed by atoms with van der Waals surface area (Å²) in [4.78, 5) is 32.7. The van der Waals surface area contributed by atoms with Gasteiger partial charge in [0.25, 0.3) is 11.5 Å². The van der Waals surface area contributed by atoms with E-state index in [2.05, 4.69) is 17.2 Å². The van der Waals surface area contributed by atoms with Gasteiger partial charge in [0.15, 0.2) is 0 Å². The lowest BCUT2D eigenvalue weighted by molar-refractivity contribution is -0.122. The number of aromatic nitrogens is 2. The number of carbonyl (C=O) groups is 1. The van der Waals surface area contributed by atoms with E-state index in [0.717, 1.165) is 24.8 Å². The number of aryl methyl sites for hydroxylation is 1. The van der Waals surface area contributed by atoms with E-state index in [4.69, 9.17) is 12.2 Å². The number of rotatable bonds is 7. The van der Waals surface area contributed by atoms with Gasteiger partial charge in [-0.05, 0) is 38.0 Å². The van der Waals surface area contributed by atoms with Crippen molar-refractivity contribution < 1.29 is 4.79 Å². The maximum atomic E-state index is 13.1. The van der Waals surface area contributed by atoms with Gasteiger partial charge < -0.3 is 5.32 Å². The van der Waals surface area contributed by atoms with Crippen molar-refractivity contribution >= 4 is 51.7 Å². The quantitative estimate of drug-likeness (QED) is 0.420. The molecule has 0 spiro atoms. The highest BCUT2D eigenvalue weighted by atomic mass is 32.2. The molecule has 2 aromatic heterocycles. The predicted octanol–water partition coefficient (Wildman–Crippen LogP) is 3.83. The second kappa shape index (κ2) is 8.87. The number of pyridine rings is 1. The van der Waals surface area contributed by atoms with Crippen LogP contribution in [0.15, 0.2) is 28.0 Å². The van der Waals surface area contributed by atoms with Crippen molar-refractivity contribution in [1.82, 2.24) is 14.3 Å². The first-order valence-corrected chi connectivity index (χ1v) is 10.7. The number of anilines is 1. The van der Waals surface area contributed by atoms with Gasteiger partial charge in [-0.3, -0.25) is 18.9 Å². The van der Waals surface area contributed by atoms with E-state index in [1.54, 1.807) is 17.2 Å². The van der Waals surface area contributed by atoms with Crippen molar-refractivity contribution in [2.45, 2.75) is 40.0 Å². The van der Waals surface area contributed by atoms with Crippen LogP contribution in [-0.2, 0) is 4.79 Å². The molecule has 0 unspecified atom stereocenters. The number of carbonyl (C=O) groups excluding carboxylic acids is 1. The predicted molar refractivity (Wildman–Crippen MR) is 120 cm³/mol. The minimum Gasteiger partial charge on any atom is -0.370 e. The molecule has 1 fully saturated rings. The van der Waals surface area contributed by atoms with Gasteiger partial charge >= 0.3 is 0 Å². The van der Waals surface area contributed by atoms with Crippen LogP contribution in [0.5, 0.6) is 0 Å². The molecule has 3 heterocycles. The summed E-state index contributed by atoms with van der Waals surface area (Å²) in [6.45, 7) is 7.21. The van der Waals surface area contributed by atoms with Crippen molar-refractivity contribution in [3.8, 4) is 0 Å². The van der Waals surface area contributed by atoms with Gasteiger partial charge in [-0.15, -0.1) is 0 Å². The number of thiocarbonyl (C=S) groups is 1. The normalized spacial score (nSPS) is 15.8. The van der Waals surface area contributed by atoms with E-state index >= 15 is 0 Å². The Hall–Kier alpha value is -2.19. The molecule has 0 aliphatic carbocycles. The summed E-state index contributed by atoms with van der Waals surface area (Å²) in [6.07, 6.45) is 6.37. The maximum absolute atomic E-state index is 13.1. The van der Waals surface area contributed by atoms with Gasteiger partial charge in [0, 0.05) is 19.3 Å². The fraction of sp³-hybridized carbons (Fsp3) is 0.400. The van der Waals surface area contributed by atoms with E-state index < -0.39 is 0 Å². The van der Waals surface area contributed by atoms with Gasteiger partial charge in [-0.2, -0.15) is 0 Å². The molecule has 1 amide bonds. The summed E-state index contributed by atoms with van der Waals surface area (Å²) in [5.74, 6) is 0.348. The number of nitrogens with one attached hydrogen (secondary N) is 1. The number of amides is 1. The summed E-state index contributed by atoms with van der Waals surface area (Å²) in [5, 5.41) is 3.15. The molecule has 1 aliphatic heterocycles. The smallest absolute Gasteiger partial charge is 0.267 e. The van der Waals surface area contributed by atoms with Crippen LogP contribution < -0.4 is 10.9 Å². The third-order valence-corrected chi connectivity index (χ3v) is 5.94. The SMILES string of the molecule is CCCCCN1C(=O)C(=Cc2c(NCC)nc3c(C)cccn3c2=O)SC1=S. The Balaban J connectivity index is 2.05. The van der Waals surface area contributed by atoms with Crippen molar-refractivity contribution in [2.75, 3.05) is 18.4 Å². The number of hydrogen-bond donors (Lipinski definition) is 1. The average molecular weight is 417 g/mol. The summed E-state index contributed by atoms with van der Waals surface area (Å²) in [6, 6.07) is 3.73. The van der Waals surface area contributed by atoms with Crippen LogP contribution >= 0.6 is 24.0 Å². The Morgan fingerprint density at radius 1 is 1.29 bits per heavy atom. The zero-order valence-electron chi connectivity index (χ0n) is 16.3. The molecule has 0 radical (unpaired) electrons. The van der Waals surface area contributed by atoms with Gasteiger partial charge in [-0.1, -0.05) is 49.8 Å². The number of nitrogens with zero attached hydrogens (tertiary/aromatic N) is 3. The van der Waals surface area contributed by atoms with Crippen molar-refractivity contribution in [1.29, 1.82) is 0 Å². The molecular formula is C20H24N4O2S2. The third-order valence-electron chi connectivity index (χ3n) is 4.56. The fourth-order valence-corrected chi connectivity index (χ4v) is 4.38. The molecule has 0 aromatic carbocycles. The molecule has 2 aromatic rings. The standard InChI is InChI=1S/C20H24N4O2S2/c1-4-6-7-10-24-19(26)15(28-20(24)27)12-14-16(21-5-2)22-17-13(3)9-8-11-23(17)18(14)25/h8-9,11-12,21H,4-7,10H2,1-3H3. The third kappa shape index (κ3) is 3.98. The van der Waals surface area contributed by atoms with E-state index in [0.29, 0.717) is 39.3 Å². The van der Waals surface area contributed by atoms with Gasteiger partial charge in [0.1, 0.15) is 15.8 Å². The second-order valence-corrected chi connectivity index (χ2v) is 8.31. The number of thioether (sulfide) groups is 1. The van der Waals surface area contributed by atoms with Gasteiger partial charge in [0.2, 0.25) is 0 Å². The Bertz CT molecular complexity index is 1010. The van der Waals surface area contributed by atoms with E-state index in [-0.39, 0.29) is 11.5 Å². The summed E-state index contributed by atoms with van der Waals surface area (Å²) >= 11 is 6.63. The lowest BCUT2D eigenvalue weighted by atomic mass is 10.2. The Labute approximate surface area is 174 Å². The molecule has 3 rings (SSSR count). The van der Waals surface area contributed by atoms with Crippen LogP contribution in [0.4, 0.5) is 5.82 Å². The molecular weight excluding hydrogens is 392 g/mol. The maximum Gasteiger partial charge on any atom is 0.267 e. The van der Waals surface area contributed by atoms with Crippen LogP contribution in [-0.4, -0.2) is 37.6 Å². The number of fused-ring (bicyclic) bond motifs is 1. The van der Waals surface area contributed by atoms with E-state index in [1.165, 1.54) is 16.2 Å². The first-order chi connectivity index (χ1) is 13.5. The zero-order chi connectivity index (χ0) is 20.3. The molecule has 1 aliphatic rings. The number of unbranched alkanes of at least 4 members (excludes halogenated alkanes) is 2. The first kappa shape index (κ1) is 20.5. The van der Waals surface area contributed by atoms with Gasteiger partial charge in [0.05, 0.1) is 10.5 Å². The van der Waals surface area contributed by atoms with Crippen molar-refractivity contribution in [3.63, 3.8) is 0 Å². The first-order valence-electron chi connectivity index (χ1n) is 9.49. The monoisotopic (exact) mass is 416 g/mol. The highest BCUT2D eigenvalue weighted by Gasteiger charge is 2.32. The number of hydrogen-bond acceptors (Lipinski definition) is 6. The molecule has 1 saturated heterocycles. The molecule has 28 heavy (non-hydrogen) atoms. The van der Waals surface area contributed by atoms with Gasteiger partial charge in [-0.25, -0.2) is 4.98 Å². The molecule has 6 nitrogen and oxygen atoms in total. The second-order valence-electron chi connectivity index (χ2n) is 6.63. The van der Waals surface area contributed by atoms with Crippen LogP contribution in [0.25, 0.3) is 11.7 Å². The van der Waals surface area contributed by atoms with E-state index in [1.807, 2.05) is 26.0 Å². The molecule has 148 valence electrons. The zero-order valence-corrected chi connectivity index (χ0v) is 18.0. The highest BCUT2D eigenvalue weighted by Crippen LogP contribution is 2.33. The Morgan fingerprint density at radius 3 is 2.79 bits per heavy atom. The van der Waals surface area contributed by atoms with Crippen molar-refractivity contribution in [3.05, 3.63) is 44.7 Å². The summed E-state index contributed by atoms with van der Waals surface area (Å²) in [5.41, 5.74) is 1.68. The van der Waals surface area contributed by atoms with E-state index in [9.17, 15) is 9.59 Å². The minimum atomic E-state index is -0.207. The molecule has 0 atom stereocenters. The lowest BCUT2D eigenvalue weighted by Crippen LogP contribution is -2.29. The van der Waals surface area contributed by atoms with Crippen LogP contribution in [0.2, 0.25) is 0 Å². The average Bonchev–Trinajstić information content (AvgIpc) is 2.93. The van der Waals surface area contributed by atoms with Crippen molar-refractivity contribution in [2.24, 2.45) is 0 Å². The molecule has 1 N–H and O–H groups in total. The topological polar surface area (TPSA) is 66.7 Å². The van der Waals surface area contributed by atoms with Crippen LogP contribution in [0.1, 0.15) is 44.2 Å². The Morgan fingerprint density at radius 2 is 2.07 bits per heavy atom. The largest absolute Gasteiger partial charge is 0.370 e. The summed E-state index contributed by atoms with van der Waals surface area (Å²) in [7, 11) is 0.